The summed E-state index contributed by atoms with van der Waals surface area (Å²) in [5, 5.41) is 12.5. The molecule has 2 aromatic rings. The van der Waals surface area contributed by atoms with Crippen molar-refractivity contribution in [2.75, 3.05) is 11.1 Å². The molecule has 0 fully saturated rings. The average molecular weight is 467 g/mol. The number of nitrogens with one attached hydrogen (secondary N) is 3. The monoisotopic (exact) mass is 467 g/mol. The summed E-state index contributed by atoms with van der Waals surface area (Å²) in [4.78, 5) is 43.4. The average Bonchev–Trinajstić information content (AvgIpc) is 3.24. The van der Waals surface area contributed by atoms with Gasteiger partial charge in [-0.15, -0.1) is 13.2 Å². The van der Waals surface area contributed by atoms with Crippen LogP contribution in [0.15, 0.2) is 57.1 Å². The first-order chi connectivity index (χ1) is 15.1. The summed E-state index contributed by atoms with van der Waals surface area (Å²) in [6, 6.07) is 7.32. The maximum absolute atomic E-state index is 12.2. The number of nitrogens with zero attached hydrogens (tertiary/aromatic N) is 2. The van der Waals surface area contributed by atoms with Crippen LogP contribution in [-0.4, -0.2) is 46.6 Å². The molecule has 10 nitrogen and oxygen atoms in total. The Hall–Kier alpha value is -3.94. The highest BCUT2D eigenvalue weighted by Crippen LogP contribution is 2.24. The van der Waals surface area contributed by atoms with Crippen LogP contribution in [0.4, 0.5) is 18.9 Å². The molecule has 0 saturated heterocycles. The fourth-order valence-electron chi connectivity index (χ4n) is 2.25. The van der Waals surface area contributed by atoms with Gasteiger partial charge in [0.1, 0.15) is 5.75 Å². The number of amides is 3. The van der Waals surface area contributed by atoms with Crippen LogP contribution < -0.4 is 15.4 Å². The third-order valence-corrected chi connectivity index (χ3v) is 4.40. The number of amidine groups is 2. The fourth-order valence-corrected chi connectivity index (χ4v) is 2.91. The second-order valence-electron chi connectivity index (χ2n) is 5.87. The second-order valence-corrected chi connectivity index (χ2v) is 6.84. The number of benzene rings is 1. The summed E-state index contributed by atoms with van der Waals surface area (Å²) in [5.41, 5.74) is -0.292. The molecule has 0 spiro atoms. The molecule has 14 heteroatoms. The number of hydrogen-bond acceptors (Lipinski definition) is 7. The van der Waals surface area contributed by atoms with Crippen molar-refractivity contribution in [3.8, 4) is 5.75 Å². The topological polar surface area (TPSA) is 146 Å². The smallest absolute Gasteiger partial charge is 0.459 e. The van der Waals surface area contributed by atoms with Crippen LogP contribution in [-0.2, 0) is 9.59 Å². The van der Waals surface area contributed by atoms with Gasteiger partial charge in [-0.05, 0) is 36.4 Å². The van der Waals surface area contributed by atoms with Gasteiger partial charge >= 0.3 is 12.3 Å². The van der Waals surface area contributed by atoms with E-state index in [1.807, 2.05) is 0 Å². The maximum atomic E-state index is 12.2. The molecule has 1 aliphatic rings. The van der Waals surface area contributed by atoms with Crippen LogP contribution in [0.25, 0.3) is 0 Å². The Kier molecular flexibility index (Phi) is 6.73. The summed E-state index contributed by atoms with van der Waals surface area (Å²) < 4.78 is 45.1. The number of carbonyl (C=O) groups excluding carboxylic acids is 3. The molecule has 1 aliphatic heterocycles. The van der Waals surface area contributed by atoms with E-state index in [9.17, 15) is 27.6 Å². The highest BCUT2D eigenvalue weighted by atomic mass is 32.2. The molecule has 1 aromatic heterocycles. The molecule has 2 heterocycles. The summed E-state index contributed by atoms with van der Waals surface area (Å²) in [6.45, 7) is 0. The van der Waals surface area contributed by atoms with Crippen molar-refractivity contribution in [2.45, 2.75) is 6.36 Å². The molecule has 3 amide bonds. The molecule has 0 atom stereocenters. The summed E-state index contributed by atoms with van der Waals surface area (Å²) in [5.74, 6) is -3.62. The number of alkyl halides is 3. The molecule has 0 radical (unpaired) electrons. The molecular weight excluding hydrogens is 455 g/mol. The number of aliphatic imine (C=N–C) groups is 2. The minimum Gasteiger partial charge on any atom is -0.459 e. The van der Waals surface area contributed by atoms with Crippen LogP contribution in [0.3, 0.4) is 0 Å². The fraction of sp³-hybridized carbons (Fsp3) is 0.111. The molecule has 166 valence electrons. The zero-order valence-electron chi connectivity index (χ0n) is 15.7. The first-order valence-electron chi connectivity index (χ1n) is 8.54. The third kappa shape index (κ3) is 6.28. The van der Waals surface area contributed by atoms with Crippen molar-refractivity contribution < 1.29 is 36.7 Å². The highest BCUT2D eigenvalue weighted by molar-refractivity contribution is 8.14. The van der Waals surface area contributed by atoms with Crippen LogP contribution >= 0.6 is 11.8 Å². The van der Waals surface area contributed by atoms with Crippen LogP contribution in [0.2, 0.25) is 0 Å². The summed E-state index contributed by atoms with van der Waals surface area (Å²) in [6.07, 6.45) is -3.57. The normalized spacial score (nSPS) is 15.2. The van der Waals surface area contributed by atoms with Crippen molar-refractivity contribution in [1.29, 1.82) is 5.41 Å². The number of ether oxygens (including phenoxy) is 1. The lowest BCUT2D eigenvalue weighted by molar-refractivity contribution is -0.274. The Morgan fingerprint density at radius 3 is 2.56 bits per heavy atom. The number of anilines is 1. The molecule has 0 saturated carbocycles. The predicted octanol–water partition coefficient (Wildman–Crippen LogP) is 2.59. The molecule has 3 N–H and O–H groups in total. The van der Waals surface area contributed by atoms with Crippen molar-refractivity contribution >= 4 is 51.9 Å². The lowest BCUT2D eigenvalue weighted by atomic mass is 10.3. The Bertz CT molecular complexity index is 1110. The van der Waals surface area contributed by atoms with E-state index in [1.165, 1.54) is 30.5 Å². The van der Waals surface area contributed by atoms with E-state index < -0.39 is 41.4 Å². The molecule has 0 aliphatic carbocycles. The number of furan rings is 1. The summed E-state index contributed by atoms with van der Waals surface area (Å²) in [7, 11) is 0. The molecule has 0 unspecified atom stereocenters. The Morgan fingerprint density at radius 2 is 1.97 bits per heavy atom. The van der Waals surface area contributed by atoms with Gasteiger partial charge in [0.25, 0.3) is 5.91 Å². The molecule has 3 rings (SSSR count). The van der Waals surface area contributed by atoms with Gasteiger partial charge in [-0.25, -0.2) is 4.99 Å². The van der Waals surface area contributed by atoms with Gasteiger partial charge in [0, 0.05) is 5.69 Å². The van der Waals surface area contributed by atoms with Gasteiger partial charge < -0.3 is 14.5 Å². The minimum atomic E-state index is -4.82. The van der Waals surface area contributed by atoms with Gasteiger partial charge in [-0.3, -0.25) is 25.1 Å². The number of hydrogen-bond donors (Lipinski definition) is 3. The second kappa shape index (κ2) is 9.47. The van der Waals surface area contributed by atoms with Crippen LogP contribution in [0, 0.1) is 5.41 Å². The lowest BCUT2D eigenvalue weighted by Crippen LogP contribution is -2.43. The molecule has 0 bridgehead atoms. The maximum Gasteiger partial charge on any atom is 0.573 e. The van der Waals surface area contributed by atoms with Crippen molar-refractivity contribution in [3.05, 3.63) is 48.4 Å². The molecular formula is C18H12F3N5O5S. The van der Waals surface area contributed by atoms with Gasteiger partial charge in [0.2, 0.25) is 5.91 Å². The van der Waals surface area contributed by atoms with E-state index in [-0.39, 0.29) is 22.4 Å². The van der Waals surface area contributed by atoms with Gasteiger partial charge in [0.15, 0.2) is 22.5 Å². The molecule has 32 heavy (non-hydrogen) atoms. The van der Waals surface area contributed by atoms with Gasteiger partial charge in [-0.2, -0.15) is 4.99 Å². The minimum absolute atomic E-state index is 0.0616. The van der Waals surface area contributed by atoms with Crippen LogP contribution in [0.1, 0.15) is 10.6 Å². The van der Waals surface area contributed by atoms with Gasteiger partial charge in [0.05, 0.1) is 12.0 Å². The lowest BCUT2D eigenvalue weighted by Gasteiger charge is -2.14. The Labute approximate surface area is 181 Å². The van der Waals surface area contributed by atoms with E-state index in [2.05, 4.69) is 25.4 Å². The molecule has 1 aromatic carbocycles. The first kappa shape index (κ1) is 22.7. The van der Waals surface area contributed by atoms with E-state index >= 15 is 0 Å². The third-order valence-electron chi connectivity index (χ3n) is 3.53. The quantitative estimate of drug-likeness (QED) is 0.616. The standard InChI is InChI=1S/C18H12F3N5O5S/c19-18(20,21)31-10-5-3-9(4-6-10)23-12(27)8-32-17-25-14(22)13(16(29)26-17)24-15(28)11-2-1-7-30-11/h1-7H,8H2,(H,23,27)(H2,22,25,26,29). The zero-order chi connectivity index (χ0) is 23.3. The number of carbonyl (C=O) groups is 3. The van der Waals surface area contributed by atoms with Crippen LogP contribution in [0.5, 0.6) is 5.75 Å². The van der Waals surface area contributed by atoms with Crippen molar-refractivity contribution in [1.82, 2.24) is 5.32 Å². The van der Waals surface area contributed by atoms with E-state index in [0.29, 0.717) is 0 Å². The van der Waals surface area contributed by atoms with E-state index in [0.717, 1.165) is 23.9 Å². The van der Waals surface area contributed by atoms with Crippen molar-refractivity contribution in [3.63, 3.8) is 0 Å². The van der Waals surface area contributed by atoms with E-state index in [4.69, 9.17) is 9.83 Å². The largest absolute Gasteiger partial charge is 0.573 e. The first-order valence-corrected chi connectivity index (χ1v) is 9.53. The zero-order valence-corrected chi connectivity index (χ0v) is 16.5. The number of rotatable bonds is 5. The van der Waals surface area contributed by atoms with E-state index in [1.54, 1.807) is 0 Å². The number of thioether (sulfide) groups is 1. The number of halogens is 3. The Morgan fingerprint density at radius 1 is 1.25 bits per heavy atom. The van der Waals surface area contributed by atoms with Gasteiger partial charge in [-0.1, -0.05) is 11.8 Å². The van der Waals surface area contributed by atoms with Crippen molar-refractivity contribution in [2.24, 2.45) is 9.98 Å². The highest BCUT2D eigenvalue weighted by Gasteiger charge is 2.31. The Balaban J connectivity index is 1.54. The predicted molar refractivity (Wildman–Crippen MR) is 108 cm³/mol. The SMILES string of the molecule is N=C1N=C(SCC(=O)Nc2ccc(OC(F)(F)F)cc2)NC(=O)C1=NC(=O)c1ccco1. The summed E-state index contributed by atoms with van der Waals surface area (Å²) >= 11 is 0.795.